The summed E-state index contributed by atoms with van der Waals surface area (Å²) in [5, 5.41) is 17.0. The van der Waals surface area contributed by atoms with Gasteiger partial charge in [0.25, 0.3) is 0 Å². The van der Waals surface area contributed by atoms with Crippen LogP contribution in [0.5, 0.6) is 5.75 Å². The first kappa shape index (κ1) is 30.6. The van der Waals surface area contributed by atoms with E-state index in [9.17, 15) is 32.7 Å². The number of amides is 2. The van der Waals surface area contributed by atoms with E-state index in [-0.39, 0.29) is 42.0 Å². The molecule has 2 saturated heterocycles. The SMILES string of the molecule is O=C(C[C@H](Cc1cc(Cl)c(O)c(C(F)(F)F)c1)C(=O)N1CCNCC1)N1CCC(n2nc(-c3ccccc3)[nH]c2=O)CC1. The summed E-state index contributed by atoms with van der Waals surface area (Å²) in [7, 11) is 0. The zero-order chi connectivity index (χ0) is 30.7. The predicted octanol–water partition coefficient (Wildman–Crippen LogP) is 3.46. The molecule has 2 aromatic carbocycles. The number of phenols is 1. The third-order valence-electron chi connectivity index (χ3n) is 7.96. The number of rotatable bonds is 7. The Hall–Kier alpha value is -3.84. The average Bonchev–Trinajstić information content (AvgIpc) is 3.40. The van der Waals surface area contributed by atoms with Crippen molar-refractivity contribution in [1.29, 1.82) is 0 Å². The number of aromatic nitrogens is 3. The molecule has 0 unspecified atom stereocenters. The molecule has 2 aliphatic heterocycles. The summed E-state index contributed by atoms with van der Waals surface area (Å²) >= 11 is 5.92. The molecule has 230 valence electrons. The third kappa shape index (κ3) is 7.04. The molecule has 3 N–H and O–H groups in total. The number of H-pyrrole nitrogens is 1. The Morgan fingerprint density at radius 3 is 2.37 bits per heavy atom. The lowest BCUT2D eigenvalue weighted by atomic mass is 9.92. The van der Waals surface area contributed by atoms with Crippen molar-refractivity contribution in [2.45, 2.75) is 37.9 Å². The first-order valence-electron chi connectivity index (χ1n) is 14.1. The standard InChI is InChI=1S/C29H32ClF3N6O4/c30-23-16-18(15-22(25(23)41)29(31,32)33)14-20(27(42)38-12-8-34-9-13-38)17-24(40)37-10-6-21(7-11-37)39-28(43)35-26(36-39)19-4-2-1-3-5-19/h1-5,15-16,20-21,34,41H,6-14,17H2,(H,35,36,43)/t20-/m0/s1. The number of likely N-dealkylation sites (tertiary alicyclic amines) is 1. The summed E-state index contributed by atoms with van der Waals surface area (Å²) in [4.78, 5) is 45.6. The van der Waals surface area contributed by atoms with Crippen LogP contribution in [0.15, 0.2) is 47.3 Å². The first-order chi connectivity index (χ1) is 20.5. The largest absolute Gasteiger partial charge is 0.506 e. The smallest absolute Gasteiger partial charge is 0.420 e. The van der Waals surface area contributed by atoms with Gasteiger partial charge in [-0.2, -0.15) is 13.2 Å². The fourth-order valence-corrected chi connectivity index (χ4v) is 5.92. The molecule has 5 rings (SSSR count). The number of aromatic hydroxyl groups is 1. The summed E-state index contributed by atoms with van der Waals surface area (Å²) in [5.74, 6) is -2.16. The molecular weight excluding hydrogens is 589 g/mol. The lowest BCUT2D eigenvalue weighted by molar-refractivity contribution is -0.142. The second-order valence-corrected chi connectivity index (χ2v) is 11.3. The molecule has 0 saturated carbocycles. The van der Waals surface area contributed by atoms with Gasteiger partial charge >= 0.3 is 11.9 Å². The van der Waals surface area contributed by atoms with Crippen molar-refractivity contribution >= 4 is 23.4 Å². The highest BCUT2D eigenvalue weighted by molar-refractivity contribution is 6.32. The number of aromatic amines is 1. The van der Waals surface area contributed by atoms with Crippen LogP contribution < -0.4 is 11.0 Å². The van der Waals surface area contributed by atoms with Gasteiger partial charge in [-0.3, -0.25) is 14.6 Å². The van der Waals surface area contributed by atoms with Crippen LogP contribution in [-0.4, -0.2) is 80.8 Å². The van der Waals surface area contributed by atoms with E-state index in [1.54, 1.807) is 9.80 Å². The van der Waals surface area contributed by atoms with Crippen molar-refractivity contribution in [3.05, 3.63) is 69.1 Å². The van der Waals surface area contributed by atoms with Gasteiger partial charge in [0, 0.05) is 51.3 Å². The maximum Gasteiger partial charge on any atom is 0.420 e. The first-order valence-corrected chi connectivity index (χ1v) is 14.5. The monoisotopic (exact) mass is 620 g/mol. The Morgan fingerprint density at radius 1 is 1.05 bits per heavy atom. The fourth-order valence-electron chi connectivity index (χ4n) is 5.67. The summed E-state index contributed by atoms with van der Waals surface area (Å²) in [6.45, 7) is 2.65. The number of alkyl halides is 3. The van der Waals surface area contributed by atoms with Crippen LogP contribution in [0.1, 0.15) is 36.4 Å². The van der Waals surface area contributed by atoms with Gasteiger partial charge in [0.2, 0.25) is 11.8 Å². The van der Waals surface area contributed by atoms with E-state index >= 15 is 0 Å². The number of hydrogen-bond donors (Lipinski definition) is 3. The van der Waals surface area contributed by atoms with Crippen LogP contribution in [-0.2, 0) is 22.2 Å². The van der Waals surface area contributed by atoms with Crippen molar-refractivity contribution in [1.82, 2.24) is 29.9 Å². The van der Waals surface area contributed by atoms with Crippen molar-refractivity contribution in [2.24, 2.45) is 5.92 Å². The quantitative estimate of drug-likeness (QED) is 0.372. The number of piperidine rings is 1. The summed E-state index contributed by atoms with van der Waals surface area (Å²) < 4.78 is 42.0. The molecule has 0 aliphatic carbocycles. The predicted molar refractivity (Wildman–Crippen MR) is 153 cm³/mol. The molecule has 0 spiro atoms. The normalized spacial score (nSPS) is 17.2. The highest BCUT2D eigenvalue weighted by atomic mass is 35.5. The average molecular weight is 621 g/mol. The molecular formula is C29H32ClF3N6O4. The van der Waals surface area contributed by atoms with Crippen LogP contribution in [0, 0.1) is 5.92 Å². The van der Waals surface area contributed by atoms with Crippen molar-refractivity contribution < 1.29 is 27.9 Å². The number of piperazine rings is 1. The Morgan fingerprint density at radius 2 is 1.72 bits per heavy atom. The van der Waals surface area contributed by atoms with Crippen molar-refractivity contribution in [2.75, 3.05) is 39.3 Å². The zero-order valence-corrected chi connectivity index (χ0v) is 24.0. The van der Waals surface area contributed by atoms with Gasteiger partial charge in [-0.25, -0.2) is 9.48 Å². The van der Waals surface area contributed by atoms with Crippen molar-refractivity contribution in [3.8, 4) is 17.1 Å². The van der Waals surface area contributed by atoms with Crippen LogP contribution in [0.4, 0.5) is 13.2 Å². The number of nitrogens with zero attached hydrogens (tertiary/aromatic N) is 4. The summed E-state index contributed by atoms with van der Waals surface area (Å²) in [6.07, 6.45) is -4.25. The Kier molecular flexibility index (Phi) is 9.11. The minimum absolute atomic E-state index is 0.0993. The van der Waals surface area contributed by atoms with E-state index in [4.69, 9.17) is 11.6 Å². The van der Waals surface area contributed by atoms with Gasteiger partial charge in [-0.1, -0.05) is 41.9 Å². The number of carbonyl (C=O) groups is 2. The minimum atomic E-state index is -4.85. The summed E-state index contributed by atoms with van der Waals surface area (Å²) in [6, 6.07) is 11.0. The third-order valence-corrected chi connectivity index (χ3v) is 8.25. The van der Waals surface area contributed by atoms with Gasteiger partial charge in [0.1, 0.15) is 5.75 Å². The molecule has 0 radical (unpaired) electrons. The number of nitrogens with one attached hydrogen (secondary N) is 2. The van der Waals surface area contributed by atoms with Crippen LogP contribution in [0.3, 0.4) is 0 Å². The Balaban J connectivity index is 1.29. The highest BCUT2D eigenvalue weighted by Gasteiger charge is 2.37. The molecule has 2 amide bonds. The van der Waals surface area contributed by atoms with Gasteiger partial charge in [-0.15, -0.1) is 5.10 Å². The molecule has 1 atom stereocenters. The molecule has 3 heterocycles. The van der Waals surface area contributed by atoms with E-state index in [0.717, 1.165) is 11.6 Å². The topological polar surface area (TPSA) is 124 Å². The van der Waals surface area contributed by atoms with Crippen molar-refractivity contribution in [3.63, 3.8) is 0 Å². The van der Waals surface area contributed by atoms with E-state index < -0.39 is 28.4 Å². The molecule has 14 heteroatoms. The Bertz CT molecular complexity index is 1510. The van der Waals surface area contributed by atoms with E-state index in [1.165, 1.54) is 10.7 Å². The Labute approximate surface area is 250 Å². The second kappa shape index (κ2) is 12.8. The maximum absolute atomic E-state index is 13.5. The minimum Gasteiger partial charge on any atom is -0.506 e. The number of benzene rings is 2. The lowest BCUT2D eigenvalue weighted by Gasteiger charge is -2.34. The number of hydrogen-bond acceptors (Lipinski definition) is 6. The second-order valence-electron chi connectivity index (χ2n) is 10.9. The molecule has 2 aliphatic rings. The maximum atomic E-state index is 13.5. The van der Waals surface area contributed by atoms with E-state index in [1.807, 2.05) is 30.3 Å². The summed E-state index contributed by atoms with van der Waals surface area (Å²) in [5.41, 5.74) is -0.748. The van der Waals surface area contributed by atoms with Crippen LogP contribution in [0.2, 0.25) is 5.02 Å². The number of carbonyl (C=O) groups excluding carboxylic acids is 2. The highest BCUT2D eigenvalue weighted by Crippen LogP contribution is 2.41. The molecule has 0 bridgehead atoms. The van der Waals surface area contributed by atoms with E-state index in [2.05, 4.69) is 15.4 Å². The van der Waals surface area contributed by atoms with Gasteiger partial charge in [-0.05, 0) is 37.0 Å². The van der Waals surface area contributed by atoms with E-state index in [0.29, 0.717) is 57.9 Å². The van der Waals surface area contributed by atoms with Gasteiger partial charge < -0.3 is 20.2 Å². The number of halogens is 4. The molecule has 43 heavy (non-hydrogen) atoms. The number of phenolic OH excluding ortho intramolecular Hbond substituents is 1. The molecule has 10 nitrogen and oxygen atoms in total. The van der Waals surface area contributed by atoms with Gasteiger partial charge in [0.05, 0.1) is 22.5 Å². The zero-order valence-electron chi connectivity index (χ0n) is 23.2. The molecule has 2 fully saturated rings. The van der Waals surface area contributed by atoms with Gasteiger partial charge in [0.15, 0.2) is 5.82 Å². The van der Waals surface area contributed by atoms with Crippen LogP contribution >= 0.6 is 11.6 Å². The molecule has 1 aromatic heterocycles. The molecule has 3 aromatic rings. The lowest BCUT2D eigenvalue weighted by Crippen LogP contribution is -2.49. The fraction of sp³-hybridized carbons (Fsp3) is 0.448. The van der Waals surface area contributed by atoms with Crippen LogP contribution in [0.25, 0.3) is 11.4 Å².